The lowest BCUT2D eigenvalue weighted by molar-refractivity contribution is 0.0522. The first-order valence-electron chi connectivity index (χ1n) is 9.13. The van der Waals surface area contributed by atoms with Crippen molar-refractivity contribution < 1.29 is 14.3 Å². The van der Waals surface area contributed by atoms with Gasteiger partial charge in [0, 0.05) is 25.7 Å². The molecule has 1 aromatic carbocycles. The first kappa shape index (κ1) is 17.6. The van der Waals surface area contributed by atoms with Crippen LogP contribution in [0.5, 0.6) is 0 Å². The van der Waals surface area contributed by atoms with Gasteiger partial charge in [0.1, 0.15) is 0 Å². The zero-order valence-corrected chi connectivity index (χ0v) is 15.3. The number of rotatable bonds is 3. The van der Waals surface area contributed by atoms with Gasteiger partial charge < -0.3 is 19.4 Å². The van der Waals surface area contributed by atoms with Gasteiger partial charge in [-0.25, -0.2) is 4.79 Å². The number of ether oxygens (including phenoxy) is 1. The van der Waals surface area contributed by atoms with E-state index in [1.54, 1.807) is 4.90 Å². The number of benzene rings is 1. The Morgan fingerprint density at radius 3 is 2.60 bits per heavy atom. The highest BCUT2D eigenvalue weighted by Crippen LogP contribution is 2.31. The van der Waals surface area contributed by atoms with Crippen LogP contribution in [0.1, 0.15) is 42.6 Å². The number of likely N-dealkylation sites (tertiary alicyclic amines) is 1. The van der Waals surface area contributed by atoms with Crippen molar-refractivity contribution in [2.75, 3.05) is 37.8 Å². The Kier molecular flexibility index (Phi) is 5.16. The summed E-state index contributed by atoms with van der Waals surface area (Å²) in [6.07, 6.45) is 1.34. The zero-order valence-electron chi connectivity index (χ0n) is 15.3. The SMILES string of the molecule is CCOC(=O)N1CCC(N2CN(CC)c3ccc(C)cc3C2=O)CC1. The smallest absolute Gasteiger partial charge is 0.409 e. The topological polar surface area (TPSA) is 53.1 Å². The molecule has 6 nitrogen and oxygen atoms in total. The Hall–Kier alpha value is -2.24. The molecular formula is C19H27N3O3. The minimum Gasteiger partial charge on any atom is -0.450 e. The van der Waals surface area contributed by atoms with Gasteiger partial charge in [-0.2, -0.15) is 0 Å². The molecule has 2 heterocycles. The van der Waals surface area contributed by atoms with Crippen LogP contribution in [0.15, 0.2) is 18.2 Å². The van der Waals surface area contributed by atoms with Gasteiger partial charge in [0.25, 0.3) is 5.91 Å². The van der Waals surface area contributed by atoms with E-state index in [0.29, 0.717) is 26.4 Å². The maximum atomic E-state index is 13.0. The largest absolute Gasteiger partial charge is 0.450 e. The lowest BCUT2D eigenvalue weighted by Crippen LogP contribution is -2.54. The van der Waals surface area contributed by atoms with Crippen molar-refractivity contribution in [3.63, 3.8) is 0 Å². The van der Waals surface area contributed by atoms with Crippen LogP contribution in [-0.4, -0.2) is 60.8 Å². The monoisotopic (exact) mass is 345 g/mol. The summed E-state index contributed by atoms with van der Waals surface area (Å²) in [4.78, 5) is 30.9. The molecule has 0 saturated carbocycles. The Labute approximate surface area is 149 Å². The lowest BCUT2D eigenvalue weighted by Gasteiger charge is -2.44. The van der Waals surface area contributed by atoms with E-state index in [0.717, 1.165) is 36.2 Å². The summed E-state index contributed by atoms with van der Waals surface area (Å²) in [6.45, 7) is 9.10. The zero-order chi connectivity index (χ0) is 18.0. The predicted octanol–water partition coefficient (Wildman–Crippen LogP) is 2.86. The number of piperidine rings is 1. The summed E-state index contributed by atoms with van der Waals surface area (Å²) in [5.74, 6) is 0.109. The van der Waals surface area contributed by atoms with Crippen LogP contribution < -0.4 is 4.90 Å². The fraction of sp³-hybridized carbons (Fsp3) is 0.579. The van der Waals surface area contributed by atoms with Gasteiger partial charge in [0.15, 0.2) is 0 Å². The third-order valence-electron chi connectivity index (χ3n) is 5.12. The van der Waals surface area contributed by atoms with Gasteiger partial charge in [0.05, 0.1) is 24.5 Å². The maximum absolute atomic E-state index is 13.0. The third-order valence-corrected chi connectivity index (χ3v) is 5.12. The van der Waals surface area contributed by atoms with Crippen LogP contribution in [0.3, 0.4) is 0 Å². The Morgan fingerprint density at radius 1 is 1.24 bits per heavy atom. The number of amides is 2. The lowest BCUT2D eigenvalue weighted by atomic mass is 9.99. The second-order valence-corrected chi connectivity index (χ2v) is 6.71. The van der Waals surface area contributed by atoms with E-state index in [4.69, 9.17) is 4.74 Å². The molecule has 136 valence electrons. The molecular weight excluding hydrogens is 318 g/mol. The molecule has 3 rings (SSSR count). The third kappa shape index (κ3) is 3.43. The molecule has 0 unspecified atom stereocenters. The van der Waals surface area contributed by atoms with E-state index >= 15 is 0 Å². The maximum Gasteiger partial charge on any atom is 0.409 e. The number of hydrogen-bond acceptors (Lipinski definition) is 4. The second-order valence-electron chi connectivity index (χ2n) is 6.71. The molecule has 1 aromatic rings. The highest BCUT2D eigenvalue weighted by molar-refractivity contribution is 6.02. The molecule has 0 atom stereocenters. The van der Waals surface area contributed by atoms with Crippen molar-refractivity contribution in [1.82, 2.24) is 9.80 Å². The molecule has 1 fully saturated rings. The van der Waals surface area contributed by atoms with E-state index in [1.165, 1.54) is 0 Å². The number of aryl methyl sites for hydroxylation is 1. The van der Waals surface area contributed by atoms with Crippen molar-refractivity contribution >= 4 is 17.7 Å². The second kappa shape index (κ2) is 7.33. The van der Waals surface area contributed by atoms with E-state index in [-0.39, 0.29) is 18.0 Å². The van der Waals surface area contributed by atoms with Gasteiger partial charge >= 0.3 is 6.09 Å². The van der Waals surface area contributed by atoms with Gasteiger partial charge in [-0.05, 0) is 45.7 Å². The minimum absolute atomic E-state index is 0.109. The molecule has 0 aromatic heterocycles. The Morgan fingerprint density at radius 2 is 1.96 bits per heavy atom. The molecule has 6 heteroatoms. The summed E-state index contributed by atoms with van der Waals surface area (Å²) in [5.41, 5.74) is 2.92. The highest BCUT2D eigenvalue weighted by atomic mass is 16.6. The Balaban J connectivity index is 1.74. The summed E-state index contributed by atoms with van der Waals surface area (Å²) in [6, 6.07) is 6.26. The molecule has 25 heavy (non-hydrogen) atoms. The molecule has 0 aliphatic carbocycles. The number of anilines is 1. The predicted molar refractivity (Wildman–Crippen MR) is 96.9 cm³/mol. The fourth-order valence-corrected chi connectivity index (χ4v) is 3.70. The average molecular weight is 345 g/mol. The molecule has 2 amide bonds. The van der Waals surface area contributed by atoms with E-state index in [2.05, 4.69) is 17.9 Å². The van der Waals surface area contributed by atoms with Crippen molar-refractivity contribution in [3.8, 4) is 0 Å². The average Bonchev–Trinajstić information content (AvgIpc) is 2.63. The van der Waals surface area contributed by atoms with Crippen LogP contribution in [-0.2, 0) is 4.74 Å². The number of carbonyl (C=O) groups is 2. The molecule has 0 radical (unpaired) electrons. The summed E-state index contributed by atoms with van der Waals surface area (Å²) < 4.78 is 5.08. The summed E-state index contributed by atoms with van der Waals surface area (Å²) in [7, 11) is 0. The number of nitrogens with zero attached hydrogens (tertiary/aromatic N) is 3. The van der Waals surface area contributed by atoms with E-state index < -0.39 is 0 Å². The van der Waals surface area contributed by atoms with Crippen molar-refractivity contribution in [2.24, 2.45) is 0 Å². The molecule has 2 aliphatic rings. The fourth-order valence-electron chi connectivity index (χ4n) is 3.70. The highest BCUT2D eigenvalue weighted by Gasteiger charge is 2.35. The Bertz CT molecular complexity index is 653. The minimum atomic E-state index is -0.248. The van der Waals surface area contributed by atoms with Crippen molar-refractivity contribution in [2.45, 2.75) is 39.7 Å². The number of hydrogen-bond donors (Lipinski definition) is 0. The standard InChI is InChI=1S/C19H27N3O3/c1-4-20-13-22(18(23)16-12-14(3)6-7-17(16)20)15-8-10-21(11-9-15)19(24)25-5-2/h6-7,12,15H,4-5,8-11,13H2,1-3H3. The summed E-state index contributed by atoms with van der Waals surface area (Å²) in [5, 5.41) is 0. The van der Waals surface area contributed by atoms with Gasteiger partial charge in [-0.1, -0.05) is 11.6 Å². The molecule has 2 aliphatic heterocycles. The first-order valence-corrected chi connectivity index (χ1v) is 9.13. The molecule has 0 N–H and O–H groups in total. The van der Waals surface area contributed by atoms with Crippen LogP contribution in [0.2, 0.25) is 0 Å². The van der Waals surface area contributed by atoms with Crippen LogP contribution >= 0.6 is 0 Å². The van der Waals surface area contributed by atoms with Crippen LogP contribution in [0.4, 0.5) is 10.5 Å². The van der Waals surface area contributed by atoms with Crippen LogP contribution in [0, 0.1) is 6.92 Å². The van der Waals surface area contributed by atoms with E-state index in [1.807, 2.05) is 30.9 Å². The normalized spacial score (nSPS) is 18.4. The van der Waals surface area contributed by atoms with Crippen molar-refractivity contribution in [3.05, 3.63) is 29.3 Å². The van der Waals surface area contributed by atoms with Crippen LogP contribution in [0.25, 0.3) is 0 Å². The molecule has 1 saturated heterocycles. The number of carbonyl (C=O) groups excluding carboxylic acids is 2. The summed E-state index contributed by atoms with van der Waals surface area (Å²) >= 11 is 0. The first-order chi connectivity index (χ1) is 12.0. The molecule has 0 bridgehead atoms. The van der Waals surface area contributed by atoms with Gasteiger partial charge in [-0.15, -0.1) is 0 Å². The van der Waals surface area contributed by atoms with Gasteiger partial charge in [-0.3, -0.25) is 4.79 Å². The van der Waals surface area contributed by atoms with E-state index in [9.17, 15) is 9.59 Å². The number of fused-ring (bicyclic) bond motifs is 1. The quantitative estimate of drug-likeness (QED) is 0.845. The molecule has 0 spiro atoms. The van der Waals surface area contributed by atoms with Gasteiger partial charge in [0.2, 0.25) is 0 Å². The van der Waals surface area contributed by atoms with Crippen molar-refractivity contribution in [1.29, 1.82) is 0 Å².